The zero-order valence-corrected chi connectivity index (χ0v) is 11.9. The van der Waals surface area contributed by atoms with E-state index in [1.54, 1.807) is 24.3 Å². The van der Waals surface area contributed by atoms with Gasteiger partial charge in [0.15, 0.2) is 6.61 Å². The number of carbonyl (C=O) groups excluding carboxylic acids is 2. The predicted octanol–water partition coefficient (Wildman–Crippen LogP) is 1.01. The Bertz CT molecular complexity index is 493. The first kappa shape index (κ1) is 15.3. The minimum Gasteiger partial charge on any atom is -0.484 e. The molecule has 1 aromatic carbocycles. The van der Waals surface area contributed by atoms with Crippen LogP contribution in [0.25, 0.3) is 0 Å². The van der Waals surface area contributed by atoms with Crippen molar-refractivity contribution in [2.45, 2.75) is 31.7 Å². The Hall–Kier alpha value is -2.08. The van der Waals surface area contributed by atoms with E-state index in [1.807, 2.05) is 0 Å². The molecule has 1 aliphatic rings. The Kier molecular flexibility index (Phi) is 5.16. The van der Waals surface area contributed by atoms with Crippen LogP contribution in [0, 0.1) is 5.92 Å². The molecule has 0 aliphatic heterocycles. The molecule has 0 atom stereocenters. The molecular weight excluding hydrogens is 270 g/mol. The number of carbonyl (C=O) groups is 2. The minimum absolute atomic E-state index is 0.0349. The van der Waals surface area contributed by atoms with Gasteiger partial charge in [-0.2, -0.15) is 0 Å². The maximum atomic E-state index is 12.1. The van der Waals surface area contributed by atoms with Crippen molar-refractivity contribution in [3.8, 4) is 5.75 Å². The van der Waals surface area contributed by atoms with Crippen molar-refractivity contribution < 1.29 is 14.3 Å². The first-order valence-electron chi connectivity index (χ1n) is 7.12. The van der Waals surface area contributed by atoms with Gasteiger partial charge in [0.05, 0.1) is 0 Å². The van der Waals surface area contributed by atoms with E-state index in [-0.39, 0.29) is 24.5 Å². The molecule has 0 radical (unpaired) electrons. The average molecular weight is 291 g/mol. The summed E-state index contributed by atoms with van der Waals surface area (Å²) in [4.78, 5) is 22.7. The second-order valence-corrected chi connectivity index (χ2v) is 5.38. The number of nitrogens with one attached hydrogen (secondary N) is 1. The van der Waals surface area contributed by atoms with E-state index < -0.39 is 5.91 Å². The van der Waals surface area contributed by atoms with Crippen LogP contribution in [0.2, 0.25) is 0 Å². The van der Waals surface area contributed by atoms with Crippen LogP contribution in [0.15, 0.2) is 24.3 Å². The Balaban J connectivity index is 1.85. The van der Waals surface area contributed by atoms with Crippen molar-refractivity contribution in [3.63, 3.8) is 0 Å². The number of amides is 2. The number of rotatable bonds is 5. The second kappa shape index (κ2) is 7.08. The van der Waals surface area contributed by atoms with Crippen LogP contribution in [0.4, 0.5) is 5.69 Å². The lowest BCUT2D eigenvalue weighted by Gasteiger charge is -2.25. The Morgan fingerprint density at radius 3 is 2.33 bits per heavy atom. The molecule has 0 heterocycles. The van der Waals surface area contributed by atoms with E-state index >= 15 is 0 Å². The van der Waals surface area contributed by atoms with Crippen molar-refractivity contribution in [1.29, 1.82) is 0 Å². The summed E-state index contributed by atoms with van der Waals surface area (Å²) in [5.74, 6) is 0.0848. The third-order valence-electron chi connectivity index (χ3n) is 3.65. The zero-order chi connectivity index (χ0) is 15.2. The number of hydrogen-bond donors (Lipinski definition) is 3. The van der Waals surface area contributed by atoms with Crippen LogP contribution in [0.3, 0.4) is 0 Å². The summed E-state index contributed by atoms with van der Waals surface area (Å²) in [6.45, 7) is -0.159. The highest BCUT2D eigenvalue weighted by atomic mass is 16.5. The van der Waals surface area contributed by atoms with Gasteiger partial charge in [0.1, 0.15) is 5.75 Å². The topological polar surface area (TPSA) is 107 Å². The van der Waals surface area contributed by atoms with Crippen molar-refractivity contribution in [2.75, 3.05) is 11.9 Å². The van der Waals surface area contributed by atoms with Crippen LogP contribution in [-0.4, -0.2) is 24.5 Å². The molecule has 1 aromatic rings. The first-order valence-corrected chi connectivity index (χ1v) is 7.12. The van der Waals surface area contributed by atoms with E-state index in [9.17, 15) is 9.59 Å². The molecule has 2 amide bonds. The summed E-state index contributed by atoms with van der Waals surface area (Å²) in [7, 11) is 0. The number of hydrogen-bond acceptors (Lipinski definition) is 4. The number of benzene rings is 1. The maximum Gasteiger partial charge on any atom is 0.255 e. The van der Waals surface area contributed by atoms with E-state index in [0.717, 1.165) is 25.7 Å². The summed E-state index contributed by atoms with van der Waals surface area (Å²) in [5, 5.41) is 2.89. The third kappa shape index (κ3) is 4.75. The van der Waals surface area contributed by atoms with Gasteiger partial charge in [0.25, 0.3) is 5.91 Å². The Labute approximate surface area is 123 Å². The molecule has 0 bridgehead atoms. The summed E-state index contributed by atoms with van der Waals surface area (Å²) < 4.78 is 5.15. The van der Waals surface area contributed by atoms with Crippen molar-refractivity contribution in [1.82, 2.24) is 0 Å². The molecule has 1 aliphatic carbocycles. The fourth-order valence-electron chi connectivity index (χ4n) is 2.41. The summed E-state index contributed by atoms with van der Waals surface area (Å²) >= 11 is 0. The second-order valence-electron chi connectivity index (χ2n) is 5.38. The maximum absolute atomic E-state index is 12.1. The number of primary amides is 1. The molecule has 0 unspecified atom stereocenters. The van der Waals surface area contributed by atoms with Gasteiger partial charge in [-0.25, -0.2) is 0 Å². The normalized spacial score (nSPS) is 21.6. The molecular formula is C15H21N3O3. The molecule has 5 N–H and O–H groups in total. The summed E-state index contributed by atoms with van der Waals surface area (Å²) in [6, 6.07) is 7.09. The van der Waals surface area contributed by atoms with Crippen molar-refractivity contribution >= 4 is 17.5 Å². The van der Waals surface area contributed by atoms with Crippen LogP contribution in [0.5, 0.6) is 5.75 Å². The zero-order valence-electron chi connectivity index (χ0n) is 11.9. The number of nitrogens with two attached hydrogens (primary N) is 2. The SMILES string of the molecule is NC(=O)COc1ccc(NC(=O)C2CCC(N)CC2)cc1. The molecule has 6 heteroatoms. The van der Waals surface area contributed by atoms with Gasteiger partial charge < -0.3 is 21.5 Å². The highest BCUT2D eigenvalue weighted by Crippen LogP contribution is 2.25. The van der Waals surface area contributed by atoms with Gasteiger partial charge in [-0.1, -0.05) is 0 Å². The summed E-state index contributed by atoms with van der Waals surface area (Å²) in [6.07, 6.45) is 3.48. The summed E-state index contributed by atoms with van der Waals surface area (Å²) in [5.41, 5.74) is 11.5. The monoisotopic (exact) mass is 291 g/mol. The third-order valence-corrected chi connectivity index (χ3v) is 3.65. The van der Waals surface area contributed by atoms with Crippen molar-refractivity contribution in [2.24, 2.45) is 17.4 Å². The van der Waals surface area contributed by atoms with Gasteiger partial charge in [0.2, 0.25) is 5.91 Å². The Morgan fingerprint density at radius 2 is 1.76 bits per heavy atom. The van der Waals surface area contributed by atoms with Crippen LogP contribution in [-0.2, 0) is 9.59 Å². The molecule has 2 rings (SSSR count). The van der Waals surface area contributed by atoms with Gasteiger partial charge >= 0.3 is 0 Å². The quantitative estimate of drug-likeness (QED) is 0.752. The van der Waals surface area contributed by atoms with E-state index in [2.05, 4.69) is 5.32 Å². The lowest BCUT2D eigenvalue weighted by molar-refractivity contribution is -0.121. The van der Waals surface area contributed by atoms with Gasteiger partial charge in [-0.15, -0.1) is 0 Å². The highest BCUT2D eigenvalue weighted by Gasteiger charge is 2.24. The predicted molar refractivity (Wildman–Crippen MR) is 79.7 cm³/mol. The molecule has 0 saturated heterocycles. The Morgan fingerprint density at radius 1 is 1.14 bits per heavy atom. The van der Waals surface area contributed by atoms with Crippen LogP contribution >= 0.6 is 0 Å². The van der Waals surface area contributed by atoms with Gasteiger partial charge in [0, 0.05) is 17.6 Å². The molecule has 1 saturated carbocycles. The largest absolute Gasteiger partial charge is 0.484 e. The van der Waals surface area contributed by atoms with Crippen LogP contribution < -0.4 is 21.5 Å². The molecule has 21 heavy (non-hydrogen) atoms. The average Bonchev–Trinajstić information content (AvgIpc) is 2.47. The lowest BCUT2D eigenvalue weighted by Crippen LogP contribution is -2.32. The smallest absolute Gasteiger partial charge is 0.255 e. The van der Waals surface area contributed by atoms with E-state index in [0.29, 0.717) is 11.4 Å². The van der Waals surface area contributed by atoms with Crippen molar-refractivity contribution in [3.05, 3.63) is 24.3 Å². The molecule has 0 spiro atoms. The first-order chi connectivity index (χ1) is 10.0. The van der Waals surface area contributed by atoms with Gasteiger partial charge in [-0.05, 0) is 49.9 Å². The molecule has 1 fully saturated rings. The lowest BCUT2D eigenvalue weighted by atomic mass is 9.86. The number of anilines is 1. The van der Waals surface area contributed by atoms with Gasteiger partial charge in [-0.3, -0.25) is 9.59 Å². The molecule has 114 valence electrons. The fraction of sp³-hybridized carbons (Fsp3) is 0.467. The van der Waals surface area contributed by atoms with E-state index in [1.165, 1.54) is 0 Å². The standard InChI is InChI=1S/C15H21N3O3/c16-11-3-1-10(2-4-11)15(20)18-12-5-7-13(8-6-12)21-9-14(17)19/h5-8,10-11H,1-4,9,16H2,(H2,17,19)(H,18,20). The van der Waals surface area contributed by atoms with E-state index in [4.69, 9.17) is 16.2 Å². The fourth-order valence-corrected chi connectivity index (χ4v) is 2.41. The highest BCUT2D eigenvalue weighted by molar-refractivity contribution is 5.92. The molecule has 0 aromatic heterocycles. The molecule has 6 nitrogen and oxygen atoms in total. The number of ether oxygens (including phenoxy) is 1. The van der Waals surface area contributed by atoms with Crippen LogP contribution in [0.1, 0.15) is 25.7 Å². The minimum atomic E-state index is -0.525.